The van der Waals surface area contributed by atoms with Gasteiger partial charge in [0.05, 0.1) is 13.5 Å². The summed E-state index contributed by atoms with van der Waals surface area (Å²) in [6.07, 6.45) is 4.10. The summed E-state index contributed by atoms with van der Waals surface area (Å²) in [6, 6.07) is 11.8. The van der Waals surface area contributed by atoms with Gasteiger partial charge in [0.25, 0.3) is 0 Å². The largest absolute Gasteiger partial charge is 0.497 e. The second kappa shape index (κ2) is 7.93. The van der Waals surface area contributed by atoms with Gasteiger partial charge in [0.2, 0.25) is 5.91 Å². The molecule has 1 saturated heterocycles. The van der Waals surface area contributed by atoms with Crippen molar-refractivity contribution in [1.82, 2.24) is 14.8 Å². The molecule has 0 radical (unpaired) electrons. The topological polar surface area (TPSA) is 45.7 Å². The van der Waals surface area contributed by atoms with Gasteiger partial charge in [-0.25, -0.2) is 0 Å². The Kier molecular flexibility index (Phi) is 5.43. The van der Waals surface area contributed by atoms with Crippen molar-refractivity contribution in [1.29, 1.82) is 0 Å². The molecule has 0 bridgehead atoms. The lowest BCUT2D eigenvalue weighted by atomic mass is 10.1. The third kappa shape index (κ3) is 4.32. The van der Waals surface area contributed by atoms with Crippen molar-refractivity contribution in [2.24, 2.45) is 0 Å². The minimum absolute atomic E-state index is 0.198. The van der Waals surface area contributed by atoms with Crippen molar-refractivity contribution in [2.75, 3.05) is 33.3 Å². The first kappa shape index (κ1) is 16.5. The number of carbonyl (C=O) groups is 1. The van der Waals surface area contributed by atoms with Crippen LogP contribution in [0.25, 0.3) is 0 Å². The lowest BCUT2D eigenvalue weighted by molar-refractivity contribution is -0.132. The standard InChI is InChI=1S/C19H23N3O2/c1-24-18-4-2-16(3-5-18)14-19(23)22-12-10-21(11-13-22)15-17-6-8-20-9-7-17/h2-9H,10-15H2,1H3. The Labute approximate surface area is 142 Å². The van der Waals surface area contributed by atoms with E-state index in [1.165, 1.54) is 5.56 Å². The highest BCUT2D eigenvalue weighted by atomic mass is 16.5. The minimum atomic E-state index is 0.198. The van der Waals surface area contributed by atoms with E-state index in [9.17, 15) is 4.79 Å². The second-order valence-electron chi connectivity index (χ2n) is 6.04. The van der Waals surface area contributed by atoms with Crippen molar-refractivity contribution in [2.45, 2.75) is 13.0 Å². The minimum Gasteiger partial charge on any atom is -0.497 e. The lowest BCUT2D eigenvalue weighted by Crippen LogP contribution is -2.48. The molecule has 0 atom stereocenters. The van der Waals surface area contributed by atoms with Crippen LogP contribution in [-0.2, 0) is 17.8 Å². The molecule has 0 aliphatic carbocycles. The highest BCUT2D eigenvalue weighted by molar-refractivity contribution is 5.78. The predicted octanol–water partition coefficient (Wildman–Crippen LogP) is 1.98. The number of hydrogen-bond acceptors (Lipinski definition) is 4. The Bertz CT molecular complexity index is 650. The van der Waals surface area contributed by atoms with Crippen molar-refractivity contribution in [3.8, 4) is 5.75 Å². The third-order valence-corrected chi connectivity index (χ3v) is 4.39. The molecule has 0 unspecified atom stereocenters. The molecule has 5 heteroatoms. The number of nitrogens with zero attached hydrogens (tertiary/aromatic N) is 3. The van der Waals surface area contributed by atoms with Gasteiger partial charge >= 0.3 is 0 Å². The zero-order valence-electron chi connectivity index (χ0n) is 14.0. The van der Waals surface area contributed by atoms with Gasteiger partial charge in [-0.3, -0.25) is 14.7 Å². The normalized spacial score (nSPS) is 15.3. The fraction of sp³-hybridized carbons (Fsp3) is 0.368. The van der Waals surface area contributed by atoms with Crippen LogP contribution in [0.1, 0.15) is 11.1 Å². The first-order valence-electron chi connectivity index (χ1n) is 8.26. The summed E-state index contributed by atoms with van der Waals surface area (Å²) in [6.45, 7) is 4.33. The molecule has 1 amide bonds. The fourth-order valence-electron chi connectivity index (χ4n) is 2.93. The molecule has 0 saturated carbocycles. The van der Waals surface area contributed by atoms with Crippen molar-refractivity contribution in [3.05, 3.63) is 59.9 Å². The van der Waals surface area contributed by atoms with Crippen LogP contribution in [0.5, 0.6) is 5.75 Å². The summed E-state index contributed by atoms with van der Waals surface area (Å²) >= 11 is 0. The molecule has 1 aliphatic rings. The van der Waals surface area contributed by atoms with Gasteiger partial charge in [-0.1, -0.05) is 12.1 Å². The number of methoxy groups -OCH3 is 1. The highest BCUT2D eigenvalue weighted by Gasteiger charge is 2.21. The molecule has 24 heavy (non-hydrogen) atoms. The molecule has 2 heterocycles. The molecule has 1 fully saturated rings. The predicted molar refractivity (Wildman–Crippen MR) is 92.8 cm³/mol. The molecule has 1 aliphatic heterocycles. The zero-order chi connectivity index (χ0) is 16.8. The van der Waals surface area contributed by atoms with E-state index in [-0.39, 0.29) is 5.91 Å². The van der Waals surface area contributed by atoms with Crippen molar-refractivity contribution in [3.63, 3.8) is 0 Å². The van der Waals surface area contributed by atoms with E-state index < -0.39 is 0 Å². The number of hydrogen-bond donors (Lipinski definition) is 0. The molecule has 0 spiro atoms. The molecule has 2 aromatic rings. The number of carbonyl (C=O) groups excluding carboxylic acids is 1. The quantitative estimate of drug-likeness (QED) is 0.843. The number of piperazine rings is 1. The van der Waals surface area contributed by atoms with Gasteiger partial charge in [-0.15, -0.1) is 0 Å². The molecule has 1 aromatic carbocycles. The first-order chi connectivity index (χ1) is 11.7. The van der Waals surface area contributed by atoms with E-state index in [4.69, 9.17) is 4.74 Å². The Balaban J connectivity index is 1.47. The maximum atomic E-state index is 12.5. The molecular weight excluding hydrogens is 302 g/mol. The first-order valence-corrected chi connectivity index (χ1v) is 8.26. The summed E-state index contributed by atoms with van der Waals surface area (Å²) in [7, 11) is 1.64. The number of benzene rings is 1. The Hall–Kier alpha value is -2.40. The van der Waals surface area contributed by atoms with Gasteiger partial charge in [0, 0.05) is 45.1 Å². The Morgan fingerprint density at radius 1 is 1.00 bits per heavy atom. The molecule has 0 N–H and O–H groups in total. The summed E-state index contributed by atoms with van der Waals surface area (Å²) in [5.41, 5.74) is 2.29. The number of aromatic nitrogens is 1. The summed E-state index contributed by atoms with van der Waals surface area (Å²) in [5.74, 6) is 1.01. The number of amides is 1. The Morgan fingerprint density at radius 2 is 1.67 bits per heavy atom. The van der Waals surface area contributed by atoms with E-state index in [1.54, 1.807) is 7.11 Å². The second-order valence-corrected chi connectivity index (χ2v) is 6.04. The maximum Gasteiger partial charge on any atom is 0.227 e. The molecule has 126 valence electrons. The van der Waals surface area contributed by atoms with Crippen LogP contribution in [0.15, 0.2) is 48.8 Å². The van der Waals surface area contributed by atoms with E-state index >= 15 is 0 Å². The summed E-state index contributed by atoms with van der Waals surface area (Å²) in [5, 5.41) is 0. The van der Waals surface area contributed by atoms with Gasteiger partial charge in [-0.05, 0) is 35.4 Å². The zero-order valence-corrected chi connectivity index (χ0v) is 14.0. The number of rotatable bonds is 5. The van der Waals surface area contributed by atoms with Gasteiger partial charge in [0.1, 0.15) is 5.75 Å². The van der Waals surface area contributed by atoms with Gasteiger partial charge < -0.3 is 9.64 Å². The van der Waals surface area contributed by atoms with Gasteiger partial charge in [0.15, 0.2) is 0 Å². The Morgan fingerprint density at radius 3 is 2.29 bits per heavy atom. The van der Waals surface area contributed by atoms with E-state index in [2.05, 4.69) is 9.88 Å². The fourth-order valence-corrected chi connectivity index (χ4v) is 2.93. The van der Waals surface area contributed by atoms with Gasteiger partial charge in [-0.2, -0.15) is 0 Å². The van der Waals surface area contributed by atoms with E-state index in [0.29, 0.717) is 6.42 Å². The maximum absolute atomic E-state index is 12.5. The number of pyridine rings is 1. The summed E-state index contributed by atoms with van der Waals surface area (Å²) in [4.78, 5) is 20.8. The molecule has 3 rings (SSSR count). The molecule has 5 nitrogen and oxygen atoms in total. The molecular formula is C19H23N3O2. The van der Waals surface area contributed by atoms with Crippen LogP contribution in [0.3, 0.4) is 0 Å². The SMILES string of the molecule is COc1ccc(CC(=O)N2CCN(Cc3ccncc3)CC2)cc1. The summed E-state index contributed by atoms with van der Waals surface area (Å²) < 4.78 is 5.15. The highest BCUT2D eigenvalue weighted by Crippen LogP contribution is 2.14. The molecule has 1 aromatic heterocycles. The van der Waals surface area contributed by atoms with E-state index in [1.807, 2.05) is 53.7 Å². The van der Waals surface area contributed by atoms with Crippen molar-refractivity contribution < 1.29 is 9.53 Å². The van der Waals surface area contributed by atoms with Crippen LogP contribution in [0.2, 0.25) is 0 Å². The van der Waals surface area contributed by atoms with Crippen molar-refractivity contribution >= 4 is 5.91 Å². The van der Waals surface area contributed by atoms with Crippen LogP contribution >= 0.6 is 0 Å². The average Bonchev–Trinajstić information content (AvgIpc) is 2.64. The van der Waals surface area contributed by atoms with E-state index in [0.717, 1.165) is 44.0 Å². The average molecular weight is 325 g/mol. The monoisotopic (exact) mass is 325 g/mol. The lowest BCUT2D eigenvalue weighted by Gasteiger charge is -2.34. The van der Waals surface area contributed by atoms with Crippen LogP contribution in [0.4, 0.5) is 0 Å². The smallest absolute Gasteiger partial charge is 0.227 e. The van der Waals surface area contributed by atoms with Crippen LogP contribution in [0, 0.1) is 0 Å². The number of ether oxygens (including phenoxy) is 1. The third-order valence-electron chi connectivity index (χ3n) is 4.39. The van der Waals surface area contributed by atoms with Crippen LogP contribution < -0.4 is 4.74 Å². The van der Waals surface area contributed by atoms with Crippen LogP contribution in [-0.4, -0.2) is 54.0 Å².